The van der Waals surface area contributed by atoms with Crippen LogP contribution in [0.25, 0.3) is 21.5 Å². The molecule has 1 N–H and O–H groups in total. The predicted molar refractivity (Wildman–Crippen MR) is 53.0 cm³/mol. The zero-order chi connectivity index (χ0) is 10.1. The third-order valence-electron chi connectivity index (χ3n) is 1.78. The van der Waals surface area contributed by atoms with Gasteiger partial charge in [0.15, 0.2) is 0 Å². The van der Waals surface area contributed by atoms with Gasteiger partial charge in [-0.2, -0.15) is 15.4 Å². The minimum Gasteiger partial charge on any atom is -0.444 e. The summed E-state index contributed by atoms with van der Waals surface area (Å²) in [7, 11) is 0. The third kappa shape index (κ3) is 1.42. The first-order chi connectivity index (χ1) is 7.43. The predicted octanol–water partition coefficient (Wildman–Crippen LogP) is 1.58. The van der Waals surface area contributed by atoms with E-state index < -0.39 is 0 Å². The topological polar surface area (TPSA) is 80.5 Å². The van der Waals surface area contributed by atoms with Crippen molar-refractivity contribution in [1.29, 1.82) is 0 Å². The number of nitrogens with one attached hydrogen (secondary N) is 1. The number of rotatable bonds is 2. The SMILES string of the molecule is c1coc(-c2cnc(-c3cn[nH]n3)s2)n1. The molecule has 0 fully saturated rings. The maximum Gasteiger partial charge on any atom is 0.237 e. The monoisotopic (exact) mass is 219 g/mol. The molecular weight excluding hydrogens is 214 g/mol. The summed E-state index contributed by atoms with van der Waals surface area (Å²) in [6.07, 6.45) is 6.47. The Kier molecular flexibility index (Phi) is 1.82. The molecule has 0 saturated heterocycles. The fourth-order valence-electron chi connectivity index (χ4n) is 1.14. The molecule has 3 aromatic rings. The number of thiazole rings is 1. The maximum absolute atomic E-state index is 5.17. The summed E-state index contributed by atoms with van der Waals surface area (Å²) >= 11 is 1.46. The quantitative estimate of drug-likeness (QED) is 0.707. The van der Waals surface area contributed by atoms with Gasteiger partial charge < -0.3 is 4.42 Å². The van der Waals surface area contributed by atoms with Crippen LogP contribution in [0.2, 0.25) is 0 Å². The highest BCUT2D eigenvalue weighted by atomic mass is 32.1. The first-order valence-electron chi connectivity index (χ1n) is 4.15. The van der Waals surface area contributed by atoms with E-state index in [4.69, 9.17) is 4.42 Å². The van der Waals surface area contributed by atoms with Crippen LogP contribution in [0.5, 0.6) is 0 Å². The second-order valence-electron chi connectivity index (χ2n) is 2.72. The van der Waals surface area contributed by atoms with E-state index in [0.717, 1.165) is 15.6 Å². The summed E-state index contributed by atoms with van der Waals surface area (Å²) in [5, 5.41) is 11.0. The van der Waals surface area contributed by atoms with Crippen LogP contribution < -0.4 is 0 Å². The van der Waals surface area contributed by atoms with Crippen LogP contribution in [-0.2, 0) is 0 Å². The minimum absolute atomic E-state index is 0.572. The van der Waals surface area contributed by atoms with Crippen LogP contribution in [0, 0.1) is 0 Å². The molecule has 3 aromatic heterocycles. The van der Waals surface area contributed by atoms with E-state index in [1.165, 1.54) is 17.6 Å². The van der Waals surface area contributed by atoms with Crippen LogP contribution in [0.3, 0.4) is 0 Å². The Hall–Kier alpha value is -2.02. The van der Waals surface area contributed by atoms with Gasteiger partial charge >= 0.3 is 0 Å². The van der Waals surface area contributed by atoms with Gasteiger partial charge in [0.25, 0.3) is 0 Å². The van der Waals surface area contributed by atoms with Gasteiger partial charge in [0.05, 0.1) is 18.6 Å². The fraction of sp³-hybridized carbons (Fsp3) is 0. The largest absolute Gasteiger partial charge is 0.444 e. The lowest BCUT2D eigenvalue weighted by Crippen LogP contribution is -1.73. The average Bonchev–Trinajstić information content (AvgIpc) is 3.02. The van der Waals surface area contributed by atoms with Crippen LogP contribution in [0.1, 0.15) is 0 Å². The Morgan fingerprint density at radius 2 is 2.27 bits per heavy atom. The Bertz CT molecular complexity index is 493. The molecule has 0 aliphatic heterocycles. The van der Waals surface area contributed by atoms with Crippen molar-refractivity contribution in [1.82, 2.24) is 25.4 Å². The lowest BCUT2D eigenvalue weighted by molar-refractivity contribution is 0.576. The van der Waals surface area contributed by atoms with Crippen LogP contribution in [0.15, 0.2) is 29.3 Å². The molecule has 3 rings (SSSR count). The smallest absolute Gasteiger partial charge is 0.237 e. The highest BCUT2D eigenvalue weighted by Gasteiger charge is 2.10. The van der Waals surface area contributed by atoms with Crippen LogP contribution in [-0.4, -0.2) is 25.4 Å². The molecule has 0 unspecified atom stereocenters. The van der Waals surface area contributed by atoms with E-state index in [9.17, 15) is 0 Å². The number of hydrogen-bond donors (Lipinski definition) is 1. The summed E-state index contributed by atoms with van der Waals surface area (Å²) in [6.45, 7) is 0. The summed E-state index contributed by atoms with van der Waals surface area (Å²) in [6, 6.07) is 0. The van der Waals surface area contributed by atoms with Gasteiger partial charge in [0, 0.05) is 0 Å². The molecule has 0 aromatic carbocycles. The third-order valence-corrected chi connectivity index (χ3v) is 2.79. The maximum atomic E-state index is 5.17. The fourth-order valence-corrected chi connectivity index (χ4v) is 1.95. The number of hydrogen-bond acceptors (Lipinski definition) is 6. The second kappa shape index (κ2) is 3.28. The van der Waals surface area contributed by atoms with Crippen molar-refractivity contribution in [3.8, 4) is 21.5 Å². The van der Waals surface area contributed by atoms with E-state index in [0.29, 0.717) is 5.89 Å². The number of H-pyrrole nitrogens is 1. The Balaban J connectivity index is 2.02. The normalized spacial score (nSPS) is 10.7. The minimum atomic E-state index is 0.572. The summed E-state index contributed by atoms with van der Waals surface area (Å²) in [5.74, 6) is 0.572. The standard InChI is InChI=1S/C8H5N5OS/c1-2-14-7(9-1)6-4-10-8(15-6)5-3-11-13-12-5/h1-4H,(H,11,12,13). The van der Waals surface area contributed by atoms with Gasteiger partial charge in [-0.1, -0.05) is 0 Å². The Morgan fingerprint density at radius 1 is 1.27 bits per heavy atom. The molecule has 0 spiro atoms. The number of oxazole rings is 1. The lowest BCUT2D eigenvalue weighted by Gasteiger charge is -1.84. The molecule has 0 aliphatic rings. The van der Waals surface area contributed by atoms with Crippen molar-refractivity contribution in [3.05, 3.63) is 24.9 Å². The first kappa shape index (κ1) is 8.30. The molecular formula is C8H5N5OS. The highest BCUT2D eigenvalue weighted by Crippen LogP contribution is 2.29. The number of aromatic amines is 1. The van der Waals surface area contributed by atoms with E-state index in [-0.39, 0.29) is 0 Å². The highest BCUT2D eigenvalue weighted by molar-refractivity contribution is 7.18. The molecule has 3 heterocycles. The molecule has 0 saturated carbocycles. The summed E-state index contributed by atoms with van der Waals surface area (Å²) < 4.78 is 5.17. The molecule has 0 atom stereocenters. The molecule has 7 heteroatoms. The molecule has 15 heavy (non-hydrogen) atoms. The van der Waals surface area contributed by atoms with E-state index in [2.05, 4.69) is 25.4 Å². The van der Waals surface area contributed by atoms with Crippen molar-refractivity contribution in [2.75, 3.05) is 0 Å². The Labute approximate surface area is 88.0 Å². The van der Waals surface area contributed by atoms with E-state index in [1.807, 2.05) is 0 Å². The van der Waals surface area contributed by atoms with Crippen LogP contribution >= 0.6 is 11.3 Å². The van der Waals surface area contributed by atoms with Gasteiger partial charge in [-0.3, -0.25) is 0 Å². The molecule has 0 radical (unpaired) electrons. The molecule has 0 bridgehead atoms. The van der Waals surface area contributed by atoms with Gasteiger partial charge in [-0.05, 0) is 0 Å². The molecule has 6 nitrogen and oxygen atoms in total. The van der Waals surface area contributed by atoms with Gasteiger partial charge in [0.1, 0.15) is 21.8 Å². The van der Waals surface area contributed by atoms with Crippen LogP contribution in [0.4, 0.5) is 0 Å². The van der Waals surface area contributed by atoms with Crippen molar-refractivity contribution in [2.24, 2.45) is 0 Å². The lowest BCUT2D eigenvalue weighted by atomic mass is 10.5. The summed E-state index contributed by atoms with van der Waals surface area (Å²) in [5.41, 5.74) is 0.720. The molecule has 0 amide bonds. The van der Waals surface area contributed by atoms with Gasteiger partial charge in [-0.25, -0.2) is 9.97 Å². The number of nitrogens with zero attached hydrogens (tertiary/aromatic N) is 4. The molecule has 74 valence electrons. The second-order valence-corrected chi connectivity index (χ2v) is 3.75. The first-order valence-corrected chi connectivity index (χ1v) is 4.97. The Morgan fingerprint density at radius 3 is 3.00 bits per heavy atom. The average molecular weight is 219 g/mol. The van der Waals surface area contributed by atoms with Crippen molar-refractivity contribution >= 4 is 11.3 Å². The zero-order valence-electron chi connectivity index (χ0n) is 7.41. The van der Waals surface area contributed by atoms with Gasteiger partial charge in [-0.15, -0.1) is 11.3 Å². The van der Waals surface area contributed by atoms with E-state index >= 15 is 0 Å². The van der Waals surface area contributed by atoms with Crippen molar-refractivity contribution in [2.45, 2.75) is 0 Å². The number of aromatic nitrogens is 5. The van der Waals surface area contributed by atoms with Crippen molar-refractivity contribution in [3.63, 3.8) is 0 Å². The molecule has 0 aliphatic carbocycles. The van der Waals surface area contributed by atoms with Crippen molar-refractivity contribution < 1.29 is 4.42 Å². The van der Waals surface area contributed by atoms with E-state index in [1.54, 1.807) is 18.6 Å². The zero-order valence-corrected chi connectivity index (χ0v) is 8.23. The summed E-state index contributed by atoms with van der Waals surface area (Å²) in [4.78, 5) is 9.12. The van der Waals surface area contributed by atoms with Gasteiger partial charge in [0.2, 0.25) is 5.89 Å².